The maximum atomic E-state index is 12.7. The zero-order valence-corrected chi connectivity index (χ0v) is 22.1. The highest BCUT2D eigenvalue weighted by Gasteiger charge is 2.44. The highest BCUT2D eigenvalue weighted by atomic mass is 32.2. The molecule has 2 saturated heterocycles. The molecule has 3 aliphatic rings. The Morgan fingerprint density at radius 1 is 1.00 bits per heavy atom. The Bertz CT molecular complexity index is 1420. The fourth-order valence-electron chi connectivity index (χ4n) is 5.01. The Balaban J connectivity index is 1.33. The van der Waals surface area contributed by atoms with Crippen molar-refractivity contribution in [3.8, 4) is 0 Å². The van der Waals surface area contributed by atoms with E-state index in [0.717, 1.165) is 19.3 Å². The van der Waals surface area contributed by atoms with Gasteiger partial charge in [-0.3, -0.25) is 0 Å². The minimum Gasteiger partial charge on any atom is -0.444 e. The number of nitrogens with zero attached hydrogens (tertiary/aromatic N) is 5. The SMILES string of the molecule is CC(C)(C)OC(=O)N1C[C@@H]2CC[C@H]1C[C@@H]2Nc1ncnc2c(Nc3ccc(S(C)(=O)=O)cc3)ncnc12. The van der Waals surface area contributed by atoms with Crippen LogP contribution in [0.2, 0.25) is 0 Å². The number of anilines is 3. The molecule has 6 rings (SSSR count). The lowest BCUT2D eigenvalue weighted by Gasteiger charge is -2.49. The van der Waals surface area contributed by atoms with E-state index in [1.54, 1.807) is 24.3 Å². The molecule has 2 bridgehead atoms. The minimum atomic E-state index is -3.28. The average Bonchev–Trinajstić information content (AvgIpc) is 2.84. The average molecular weight is 526 g/mol. The lowest BCUT2D eigenvalue weighted by Crippen LogP contribution is -2.58. The van der Waals surface area contributed by atoms with Crippen LogP contribution in [0.3, 0.4) is 0 Å². The number of hydrogen-bond acceptors (Lipinski definition) is 10. The number of sulfone groups is 1. The van der Waals surface area contributed by atoms with Gasteiger partial charge in [0, 0.05) is 30.6 Å². The third-order valence-electron chi connectivity index (χ3n) is 6.75. The summed E-state index contributed by atoms with van der Waals surface area (Å²) in [4.78, 5) is 32.5. The van der Waals surface area contributed by atoms with Crippen LogP contribution < -0.4 is 10.6 Å². The molecule has 3 fully saturated rings. The largest absolute Gasteiger partial charge is 0.444 e. The van der Waals surface area contributed by atoms with Crippen molar-refractivity contribution in [3.63, 3.8) is 0 Å². The number of benzene rings is 1. The van der Waals surface area contributed by atoms with Gasteiger partial charge in [-0.1, -0.05) is 0 Å². The fraction of sp³-hybridized carbons (Fsp3) is 0.480. The van der Waals surface area contributed by atoms with Crippen molar-refractivity contribution in [2.24, 2.45) is 5.92 Å². The molecule has 1 amide bonds. The van der Waals surface area contributed by atoms with Gasteiger partial charge in [0.05, 0.1) is 4.90 Å². The molecule has 2 aliphatic heterocycles. The van der Waals surface area contributed by atoms with Gasteiger partial charge in [-0.15, -0.1) is 0 Å². The number of aromatic nitrogens is 4. The zero-order chi connectivity index (χ0) is 26.4. The first-order valence-electron chi connectivity index (χ1n) is 12.3. The van der Waals surface area contributed by atoms with Gasteiger partial charge in [-0.2, -0.15) is 0 Å². The predicted octanol–water partition coefficient (Wildman–Crippen LogP) is 3.77. The number of rotatable bonds is 5. The summed E-state index contributed by atoms with van der Waals surface area (Å²) in [6.45, 7) is 6.29. The topological polar surface area (TPSA) is 139 Å². The van der Waals surface area contributed by atoms with Gasteiger partial charge >= 0.3 is 6.09 Å². The molecule has 1 aromatic carbocycles. The van der Waals surface area contributed by atoms with E-state index in [0.29, 0.717) is 34.9 Å². The molecule has 2 N–H and O–H groups in total. The molecule has 196 valence electrons. The highest BCUT2D eigenvalue weighted by Crippen LogP contribution is 2.38. The molecule has 4 heterocycles. The predicted molar refractivity (Wildman–Crippen MR) is 139 cm³/mol. The first-order chi connectivity index (χ1) is 17.5. The van der Waals surface area contributed by atoms with Crippen molar-refractivity contribution in [1.29, 1.82) is 0 Å². The number of carbonyl (C=O) groups excluding carboxylic acids is 1. The van der Waals surface area contributed by atoms with E-state index in [1.165, 1.54) is 18.9 Å². The van der Waals surface area contributed by atoms with Crippen LogP contribution in [-0.4, -0.2) is 69.8 Å². The van der Waals surface area contributed by atoms with Crippen LogP contribution in [-0.2, 0) is 14.6 Å². The maximum Gasteiger partial charge on any atom is 0.410 e. The number of fused-ring (bicyclic) bond motifs is 4. The van der Waals surface area contributed by atoms with Gasteiger partial charge in [0.2, 0.25) is 0 Å². The maximum absolute atomic E-state index is 12.7. The first kappa shape index (κ1) is 25.1. The minimum absolute atomic E-state index is 0.118. The Labute approximate surface area is 216 Å². The summed E-state index contributed by atoms with van der Waals surface area (Å²) in [5.41, 5.74) is 1.28. The third kappa shape index (κ3) is 5.43. The van der Waals surface area contributed by atoms with E-state index in [9.17, 15) is 13.2 Å². The molecular weight excluding hydrogens is 494 g/mol. The molecule has 2 aromatic heterocycles. The summed E-state index contributed by atoms with van der Waals surface area (Å²) in [7, 11) is -3.28. The summed E-state index contributed by atoms with van der Waals surface area (Å²) in [6, 6.07) is 6.71. The smallest absolute Gasteiger partial charge is 0.410 e. The summed E-state index contributed by atoms with van der Waals surface area (Å²) in [5, 5.41) is 6.76. The van der Waals surface area contributed by atoms with Crippen LogP contribution >= 0.6 is 0 Å². The van der Waals surface area contributed by atoms with Crippen LogP contribution in [0, 0.1) is 5.92 Å². The zero-order valence-electron chi connectivity index (χ0n) is 21.3. The summed E-state index contributed by atoms with van der Waals surface area (Å²) >= 11 is 0. The standard InChI is InChI=1S/C25H31N7O4S/c1-25(2,3)36-24(33)32-12-15-5-8-17(32)11-19(15)31-23-21-20(26-14-29-23)22(28-13-27-21)30-16-6-9-18(10-7-16)37(4,34)35/h6-7,9-10,13-15,17,19H,5,8,11-12H2,1-4H3,(H,26,29,31)(H,27,28,30)/t15-,17-,19-/m0/s1. The second-order valence-corrected chi connectivity index (χ2v) is 12.7. The van der Waals surface area contributed by atoms with E-state index in [-0.39, 0.29) is 29.0 Å². The molecule has 0 spiro atoms. The number of hydrogen-bond donors (Lipinski definition) is 2. The van der Waals surface area contributed by atoms with Crippen molar-refractivity contribution in [3.05, 3.63) is 36.9 Å². The van der Waals surface area contributed by atoms with Gasteiger partial charge < -0.3 is 20.3 Å². The van der Waals surface area contributed by atoms with E-state index in [4.69, 9.17) is 4.74 Å². The van der Waals surface area contributed by atoms with Crippen LogP contribution in [0.15, 0.2) is 41.8 Å². The fourth-order valence-corrected chi connectivity index (χ4v) is 5.64. The second-order valence-electron chi connectivity index (χ2n) is 10.7. The van der Waals surface area contributed by atoms with E-state index >= 15 is 0 Å². The molecule has 37 heavy (non-hydrogen) atoms. The van der Waals surface area contributed by atoms with Gasteiger partial charge in [0.1, 0.15) is 29.3 Å². The van der Waals surface area contributed by atoms with E-state index in [2.05, 4.69) is 30.6 Å². The molecule has 12 heteroatoms. The first-order valence-corrected chi connectivity index (χ1v) is 14.2. The van der Waals surface area contributed by atoms with Gasteiger partial charge in [-0.25, -0.2) is 33.1 Å². The summed E-state index contributed by atoms with van der Waals surface area (Å²) in [5.74, 6) is 1.38. The van der Waals surface area contributed by atoms with Crippen molar-refractivity contribution >= 4 is 44.3 Å². The van der Waals surface area contributed by atoms with Gasteiger partial charge in [0.25, 0.3) is 0 Å². The van der Waals surface area contributed by atoms with Crippen molar-refractivity contribution in [2.75, 3.05) is 23.4 Å². The quantitative estimate of drug-likeness (QED) is 0.506. The van der Waals surface area contributed by atoms with Crippen LogP contribution in [0.4, 0.5) is 22.1 Å². The number of nitrogens with one attached hydrogen (secondary N) is 2. The Hall–Kier alpha value is -3.54. The third-order valence-corrected chi connectivity index (χ3v) is 7.88. The van der Waals surface area contributed by atoms with Gasteiger partial charge in [-0.05, 0) is 70.2 Å². The van der Waals surface area contributed by atoms with Crippen LogP contribution in [0.5, 0.6) is 0 Å². The van der Waals surface area contributed by atoms with E-state index in [1.807, 2.05) is 25.7 Å². The lowest BCUT2D eigenvalue weighted by molar-refractivity contribution is -0.0151. The van der Waals surface area contributed by atoms with Crippen LogP contribution in [0.1, 0.15) is 40.0 Å². The Morgan fingerprint density at radius 2 is 1.65 bits per heavy atom. The van der Waals surface area contributed by atoms with Crippen molar-refractivity contribution < 1.29 is 17.9 Å². The normalized spacial score (nSPS) is 21.6. The molecule has 11 nitrogen and oxygen atoms in total. The number of amides is 1. The molecule has 0 unspecified atom stereocenters. The molecular formula is C25H31N7O4S. The molecule has 0 radical (unpaired) electrons. The number of ether oxygens (including phenoxy) is 1. The number of piperidine rings is 2. The Kier molecular flexibility index (Phi) is 6.38. The summed E-state index contributed by atoms with van der Waals surface area (Å²) < 4.78 is 29.1. The number of carbonyl (C=O) groups is 1. The molecule has 3 atom stereocenters. The van der Waals surface area contributed by atoms with Gasteiger partial charge in [0.15, 0.2) is 21.5 Å². The second kappa shape index (κ2) is 9.40. The highest BCUT2D eigenvalue weighted by molar-refractivity contribution is 7.90. The van der Waals surface area contributed by atoms with Crippen molar-refractivity contribution in [2.45, 2.75) is 62.6 Å². The Morgan fingerprint density at radius 3 is 2.24 bits per heavy atom. The summed E-state index contributed by atoms with van der Waals surface area (Å²) in [6.07, 6.45) is 6.63. The molecule has 1 saturated carbocycles. The molecule has 1 aliphatic carbocycles. The monoisotopic (exact) mass is 525 g/mol. The van der Waals surface area contributed by atoms with E-state index < -0.39 is 15.4 Å². The van der Waals surface area contributed by atoms with Crippen molar-refractivity contribution in [1.82, 2.24) is 24.8 Å². The van der Waals surface area contributed by atoms with Crippen LogP contribution in [0.25, 0.3) is 11.0 Å². The molecule has 3 aromatic rings. The lowest BCUT2D eigenvalue weighted by atomic mass is 9.76.